The zero-order chi connectivity index (χ0) is 37.0. The summed E-state index contributed by atoms with van der Waals surface area (Å²) in [4.78, 5) is 49.7. The van der Waals surface area contributed by atoms with Crippen molar-refractivity contribution in [2.75, 3.05) is 40.6 Å². The summed E-state index contributed by atoms with van der Waals surface area (Å²) in [5.41, 5.74) is 2.09. The summed E-state index contributed by atoms with van der Waals surface area (Å²) in [6.45, 7) is 10.0. The van der Waals surface area contributed by atoms with E-state index in [0.29, 0.717) is 74.1 Å². The van der Waals surface area contributed by atoms with Gasteiger partial charge in [-0.2, -0.15) is 0 Å². The van der Waals surface area contributed by atoms with Crippen LogP contribution in [0, 0.1) is 6.92 Å². The molecule has 0 radical (unpaired) electrons. The summed E-state index contributed by atoms with van der Waals surface area (Å²) in [5.74, 6) is 1.16. The summed E-state index contributed by atoms with van der Waals surface area (Å²) in [6.07, 6.45) is 8.12. The number of hydrogen-bond acceptors (Lipinski definition) is 12. The molecule has 0 spiro atoms. The monoisotopic (exact) mass is 734 g/mol. The largest absolute Gasteiger partial charge is 0.493 e. The third-order valence-electron chi connectivity index (χ3n) is 6.98. The standard InChI is InChI=1S/C39H42O10S2/c1-6-36(40)48-22-10-8-20-46-31-16-12-28(25-33(31)44-4)13-19-38(42)51-35-18-15-30(24-27(35)3)50-39(43)29-14-17-32(34(26-29)45-5)47-21-9-11-23-49-37(41)7-2/h6-7,12-19,24-26H,1-2,8-11,20-23H2,3-5H3/b19-13+. The van der Waals surface area contributed by atoms with E-state index in [1.807, 2.05) is 31.2 Å². The number of hydrogen-bond donors (Lipinski definition) is 0. The van der Waals surface area contributed by atoms with Crippen LogP contribution in [0.2, 0.25) is 0 Å². The molecule has 0 aliphatic heterocycles. The minimum absolute atomic E-state index is 0.156. The average Bonchev–Trinajstić information content (AvgIpc) is 3.14. The van der Waals surface area contributed by atoms with E-state index in [1.54, 1.807) is 43.5 Å². The van der Waals surface area contributed by atoms with Crippen LogP contribution in [0.4, 0.5) is 0 Å². The fourth-order valence-electron chi connectivity index (χ4n) is 4.33. The number of methoxy groups -OCH3 is 2. The van der Waals surface area contributed by atoms with Gasteiger partial charge in [0.25, 0.3) is 0 Å². The van der Waals surface area contributed by atoms with Gasteiger partial charge in [-0.3, -0.25) is 9.59 Å². The lowest BCUT2D eigenvalue weighted by Gasteiger charge is -2.12. The number of thioether (sulfide) groups is 2. The second-order valence-corrected chi connectivity index (χ2v) is 12.8. The normalized spacial score (nSPS) is 10.6. The maximum absolute atomic E-state index is 13.1. The highest BCUT2D eigenvalue weighted by Gasteiger charge is 2.15. The van der Waals surface area contributed by atoms with Gasteiger partial charge in [0.1, 0.15) is 0 Å². The molecule has 3 aromatic rings. The molecule has 0 aliphatic rings. The summed E-state index contributed by atoms with van der Waals surface area (Å²) < 4.78 is 32.4. The van der Waals surface area contributed by atoms with Gasteiger partial charge in [0.15, 0.2) is 23.0 Å². The van der Waals surface area contributed by atoms with E-state index in [9.17, 15) is 19.2 Å². The molecular weight excluding hydrogens is 693 g/mol. The Morgan fingerprint density at radius 2 is 1.24 bits per heavy atom. The fraction of sp³-hybridized carbons (Fsp3) is 0.282. The number of benzene rings is 3. The van der Waals surface area contributed by atoms with E-state index < -0.39 is 11.9 Å². The van der Waals surface area contributed by atoms with Gasteiger partial charge in [-0.15, -0.1) is 0 Å². The molecule has 0 N–H and O–H groups in total. The highest BCUT2D eigenvalue weighted by atomic mass is 32.2. The molecular formula is C39H42O10S2. The molecule has 12 heteroatoms. The van der Waals surface area contributed by atoms with Crippen molar-refractivity contribution in [2.45, 2.75) is 42.4 Å². The first-order chi connectivity index (χ1) is 24.7. The number of carbonyl (C=O) groups excluding carboxylic acids is 4. The molecule has 0 aromatic heterocycles. The van der Waals surface area contributed by atoms with Crippen LogP contribution in [0.25, 0.3) is 6.08 Å². The number of carbonyl (C=O) groups is 4. The van der Waals surface area contributed by atoms with E-state index in [-0.39, 0.29) is 16.8 Å². The van der Waals surface area contributed by atoms with Gasteiger partial charge in [-0.25, -0.2) is 9.59 Å². The molecule has 3 rings (SSSR count). The van der Waals surface area contributed by atoms with Gasteiger partial charge in [0.05, 0.1) is 40.6 Å². The molecule has 0 saturated carbocycles. The minimum Gasteiger partial charge on any atom is -0.493 e. The third-order valence-corrected chi connectivity index (χ3v) is 8.91. The Hall–Kier alpha value is -4.94. The molecule has 0 bridgehead atoms. The molecule has 0 saturated heterocycles. The molecule has 0 atom stereocenters. The van der Waals surface area contributed by atoms with Crippen molar-refractivity contribution in [3.8, 4) is 23.0 Å². The summed E-state index contributed by atoms with van der Waals surface area (Å²) in [6, 6.07) is 15.9. The second kappa shape index (κ2) is 22.0. The van der Waals surface area contributed by atoms with E-state index in [0.717, 1.165) is 56.6 Å². The molecule has 0 fully saturated rings. The first-order valence-corrected chi connectivity index (χ1v) is 17.7. The number of ether oxygens (including phenoxy) is 6. The average molecular weight is 735 g/mol. The fourth-order valence-corrected chi connectivity index (χ4v) is 5.87. The number of esters is 2. The molecule has 3 aromatic carbocycles. The Morgan fingerprint density at radius 3 is 1.80 bits per heavy atom. The van der Waals surface area contributed by atoms with E-state index >= 15 is 0 Å². The highest BCUT2D eigenvalue weighted by molar-refractivity contribution is 8.14. The van der Waals surface area contributed by atoms with Crippen LogP contribution >= 0.6 is 23.5 Å². The van der Waals surface area contributed by atoms with Crippen LogP contribution in [-0.2, 0) is 23.9 Å². The lowest BCUT2D eigenvalue weighted by atomic mass is 10.2. The van der Waals surface area contributed by atoms with E-state index in [2.05, 4.69) is 13.2 Å². The topological polar surface area (TPSA) is 124 Å². The Kier molecular flexibility index (Phi) is 17.5. The smallest absolute Gasteiger partial charge is 0.330 e. The molecule has 51 heavy (non-hydrogen) atoms. The van der Waals surface area contributed by atoms with Crippen molar-refractivity contribution in [1.29, 1.82) is 0 Å². The van der Waals surface area contributed by atoms with Gasteiger partial charge >= 0.3 is 11.9 Å². The quantitative estimate of drug-likeness (QED) is 0.0455. The van der Waals surface area contributed by atoms with Crippen LogP contribution in [0.5, 0.6) is 23.0 Å². The van der Waals surface area contributed by atoms with Crippen LogP contribution in [0.1, 0.15) is 47.2 Å². The van der Waals surface area contributed by atoms with Crippen molar-refractivity contribution in [3.05, 3.63) is 103 Å². The van der Waals surface area contributed by atoms with Gasteiger partial charge in [0.2, 0.25) is 10.2 Å². The molecule has 10 nitrogen and oxygen atoms in total. The van der Waals surface area contributed by atoms with Crippen molar-refractivity contribution in [1.82, 2.24) is 0 Å². The van der Waals surface area contributed by atoms with Crippen molar-refractivity contribution in [2.24, 2.45) is 0 Å². The number of unbranched alkanes of at least 4 members (excludes halogenated alkanes) is 2. The maximum atomic E-state index is 13.1. The van der Waals surface area contributed by atoms with E-state index in [4.69, 9.17) is 28.4 Å². The Labute approximate surface area is 307 Å². The van der Waals surface area contributed by atoms with Gasteiger partial charge in [-0.05, 0) is 122 Å². The van der Waals surface area contributed by atoms with Crippen LogP contribution in [0.3, 0.4) is 0 Å². The molecule has 270 valence electrons. The van der Waals surface area contributed by atoms with Gasteiger partial charge in [0, 0.05) is 27.5 Å². The molecule has 0 heterocycles. The summed E-state index contributed by atoms with van der Waals surface area (Å²) in [7, 11) is 3.06. The van der Waals surface area contributed by atoms with Crippen molar-refractivity contribution < 1.29 is 47.6 Å². The summed E-state index contributed by atoms with van der Waals surface area (Å²) >= 11 is 2.18. The van der Waals surface area contributed by atoms with Crippen LogP contribution < -0.4 is 18.9 Å². The third kappa shape index (κ3) is 14.1. The molecule has 0 unspecified atom stereocenters. The lowest BCUT2D eigenvalue weighted by Crippen LogP contribution is -2.05. The SMILES string of the molecule is C=CC(=O)OCCCCOc1ccc(/C=C/C(=O)Sc2ccc(SC(=O)c3ccc(OCCCCOC(=O)C=C)c(OC)c3)cc2C)cc1OC. The number of aryl methyl sites for hydroxylation is 1. The Morgan fingerprint density at radius 1 is 0.667 bits per heavy atom. The van der Waals surface area contributed by atoms with Crippen LogP contribution in [-0.4, -0.2) is 62.8 Å². The first kappa shape index (κ1) is 40.5. The maximum Gasteiger partial charge on any atom is 0.330 e. The van der Waals surface area contributed by atoms with Crippen LogP contribution in [0.15, 0.2) is 95.8 Å². The van der Waals surface area contributed by atoms with E-state index in [1.165, 1.54) is 13.2 Å². The first-order valence-electron chi connectivity index (χ1n) is 16.1. The van der Waals surface area contributed by atoms with Crippen molar-refractivity contribution in [3.63, 3.8) is 0 Å². The predicted molar refractivity (Wildman–Crippen MR) is 199 cm³/mol. The van der Waals surface area contributed by atoms with Crippen molar-refractivity contribution >= 4 is 51.8 Å². The Balaban J connectivity index is 1.50. The Bertz CT molecular complexity index is 1720. The van der Waals surface area contributed by atoms with Gasteiger partial charge < -0.3 is 28.4 Å². The zero-order valence-corrected chi connectivity index (χ0v) is 30.6. The van der Waals surface area contributed by atoms with Gasteiger partial charge in [-0.1, -0.05) is 25.3 Å². The summed E-state index contributed by atoms with van der Waals surface area (Å²) in [5, 5.41) is -0.322. The second-order valence-electron chi connectivity index (χ2n) is 10.7. The molecule has 0 aliphatic carbocycles. The number of rotatable bonds is 21. The highest BCUT2D eigenvalue weighted by Crippen LogP contribution is 2.34. The lowest BCUT2D eigenvalue weighted by molar-refractivity contribution is -0.138. The molecule has 0 amide bonds. The minimum atomic E-state index is -0.454. The predicted octanol–water partition coefficient (Wildman–Crippen LogP) is 8.05. The zero-order valence-electron chi connectivity index (χ0n) is 29.0.